The zero-order valence-electron chi connectivity index (χ0n) is 6.96. The summed E-state index contributed by atoms with van der Waals surface area (Å²) in [5.74, 6) is 0. The quantitative estimate of drug-likeness (QED) is 0.553. The van der Waals surface area contributed by atoms with Gasteiger partial charge >= 0.3 is 0 Å². The third kappa shape index (κ3) is 1.84. The van der Waals surface area contributed by atoms with Gasteiger partial charge in [-0.15, -0.1) is 0 Å². The molecule has 62 valence electrons. The molecular formula is C10H16O. The number of hydrogen-bond acceptors (Lipinski definition) is 1. The highest BCUT2D eigenvalue weighted by Gasteiger charge is 2.20. The molecule has 0 spiro atoms. The van der Waals surface area contributed by atoms with Crippen LogP contribution in [0.25, 0.3) is 0 Å². The van der Waals surface area contributed by atoms with E-state index >= 15 is 0 Å². The van der Waals surface area contributed by atoms with Crippen molar-refractivity contribution < 1.29 is 4.74 Å². The fourth-order valence-corrected chi connectivity index (χ4v) is 2.00. The Morgan fingerprint density at radius 2 is 1.55 bits per heavy atom. The van der Waals surface area contributed by atoms with Crippen LogP contribution in [0.15, 0.2) is 12.2 Å². The lowest BCUT2D eigenvalue weighted by Gasteiger charge is -2.16. The summed E-state index contributed by atoms with van der Waals surface area (Å²) < 4.78 is 5.91. The fraction of sp³-hybridized carbons (Fsp3) is 0.800. The lowest BCUT2D eigenvalue weighted by atomic mass is 10.2. The van der Waals surface area contributed by atoms with Gasteiger partial charge in [0.1, 0.15) is 0 Å². The van der Waals surface area contributed by atoms with Gasteiger partial charge in [0.2, 0.25) is 0 Å². The van der Waals surface area contributed by atoms with Gasteiger partial charge in [-0.1, -0.05) is 25.0 Å². The minimum atomic E-state index is 0.526. The molecule has 11 heavy (non-hydrogen) atoms. The van der Waals surface area contributed by atoms with Crippen LogP contribution in [-0.4, -0.2) is 12.2 Å². The molecule has 2 rings (SSSR count). The molecule has 0 bridgehead atoms. The summed E-state index contributed by atoms with van der Waals surface area (Å²) in [6.07, 6.45) is 13.3. The van der Waals surface area contributed by atoms with Gasteiger partial charge in [0.25, 0.3) is 0 Å². The smallest absolute Gasteiger partial charge is 0.0647 e. The molecule has 1 nitrogen and oxygen atoms in total. The van der Waals surface area contributed by atoms with E-state index in [0.29, 0.717) is 12.2 Å². The number of ether oxygens (including phenoxy) is 1. The molecule has 0 unspecified atom stereocenters. The van der Waals surface area contributed by atoms with Crippen LogP contribution in [0, 0.1) is 0 Å². The first-order chi connectivity index (χ1) is 5.45. The predicted octanol–water partition coefficient (Wildman–Crippen LogP) is 2.66. The van der Waals surface area contributed by atoms with E-state index in [1.54, 1.807) is 0 Å². The van der Waals surface area contributed by atoms with Gasteiger partial charge in [-0.3, -0.25) is 0 Å². The van der Waals surface area contributed by atoms with E-state index in [1.165, 1.54) is 25.7 Å². The summed E-state index contributed by atoms with van der Waals surface area (Å²) in [5, 5.41) is 0. The molecule has 0 aliphatic heterocycles. The van der Waals surface area contributed by atoms with Crippen molar-refractivity contribution in [2.75, 3.05) is 0 Å². The van der Waals surface area contributed by atoms with Crippen LogP contribution in [0.5, 0.6) is 0 Å². The molecule has 0 saturated heterocycles. The van der Waals surface area contributed by atoms with E-state index in [2.05, 4.69) is 12.2 Å². The molecule has 1 heteroatoms. The van der Waals surface area contributed by atoms with Gasteiger partial charge in [0.15, 0.2) is 0 Å². The van der Waals surface area contributed by atoms with Crippen LogP contribution in [0.4, 0.5) is 0 Å². The van der Waals surface area contributed by atoms with Gasteiger partial charge in [0.05, 0.1) is 12.2 Å². The topological polar surface area (TPSA) is 9.23 Å². The Morgan fingerprint density at radius 3 is 2.18 bits per heavy atom. The zero-order valence-corrected chi connectivity index (χ0v) is 6.96. The Morgan fingerprint density at radius 1 is 0.909 bits per heavy atom. The molecule has 2 aliphatic carbocycles. The highest BCUT2D eigenvalue weighted by molar-refractivity contribution is 4.95. The lowest BCUT2D eigenvalue weighted by Crippen LogP contribution is -2.16. The molecule has 0 atom stereocenters. The fourth-order valence-electron chi connectivity index (χ4n) is 2.00. The molecule has 0 N–H and O–H groups in total. The second-order valence-electron chi connectivity index (χ2n) is 3.61. The van der Waals surface area contributed by atoms with E-state index in [1.807, 2.05) is 0 Å². The molecular weight excluding hydrogens is 136 g/mol. The molecule has 0 aromatic carbocycles. The van der Waals surface area contributed by atoms with Crippen molar-refractivity contribution in [1.29, 1.82) is 0 Å². The second kappa shape index (κ2) is 3.40. The maximum absolute atomic E-state index is 5.91. The molecule has 0 amide bonds. The number of rotatable bonds is 2. The summed E-state index contributed by atoms with van der Waals surface area (Å²) in [6.45, 7) is 0. The summed E-state index contributed by atoms with van der Waals surface area (Å²) in [6, 6.07) is 0. The summed E-state index contributed by atoms with van der Waals surface area (Å²) in [4.78, 5) is 0. The highest BCUT2D eigenvalue weighted by Crippen LogP contribution is 2.25. The largest absolute Gasteiger partial charge is 0.374 e. The van der Waals surface area contributed by atoms with E-state index in [9.17, 15) is 0 Å². The second-order valence-corrected chi connectivity index (χ2v) is 3.61. The van der Waals surface area contributed by atoms with E-state index in [4.69, 9.17) is 4.74 Å². The van der Waals surface area contributed by atoms with Gasteiger partial charge in [0, 0.05) is 0 Å². The Hall–Kier alpha value is -0.300. The molecule has 0 aromatic rings. The maximum atomic E-state index is 5.91. The normalized spacial score (nSPS) is 26.9. The van der Waals surface area contributed by atoms with Crippen LogP contribution in [0.2, 0.25) is 0 Å². The monoisotopic (exact) mass is 152 g/mol. The molecule has 0 heterocycles. The average molecular weight is 152 g/mol. The minimum absolute atomic E-state index is 0.526. The standard InChI is InChI=1S/C10H16O/c1-2-6-9(5-1)11-10-7-3-4-8-10/h1-2,9-10H,3-8H2. The molecule has 0 aromatic heterocycles. The van der Waals surface area contributed by atoms with Crippen LogP contribution in [0.1, 0.15) is 38.5 Å². The number of hydrogen-bond donors (Lipinski definition) is 0. The van der Waals surface area contributed by atoms with Crippen LogP contribution in [0.3, 0.4) is 0 Å². The predicted molar refractivity (Wildman–Crippen MR) is 45.5 cm³/mol. The zero-order chi connectivity index (χ0) is 7.52. The van der Waals surface area contributed by atoms with Gasteiger partial charge < -0.3 is 4.74 Å². The van der Waals surface area contributed by atoms with Crippen molar-refractivity contribution in [1.82, 2.24) is 0 Å². The Balaban J connectivity index is 1.72. The van der Waals surface area contributed by atoms with Gasteiger partial charge in [-0.2, -0.15) is 0 Å². The highest BCUT2D eigenvalue weighted by atomic mass is 16.5. The Bertz CT molecular complexity index is 137. The van der Waals surface area contributed by atoms with Crippen LogP contribution < -0.4 is 0 Å². The van der Waals surface area contributed by atoms with E-state index in [-0.39, 0.29) is 0 Å². The SMILES string of the molecule is C1=CCC(OC2CCCC2)C1. The van der Waals surface area contributed by atoms with Crippen molar-refractivity contribution in [2.45, 2.75) is 50.7 Å². The first-order valence-corrected chi connectivity index (χ1v) is 4.75. The van der Waals surface area contributed by atoms with Crippen molar-refractivity contribution in [3.63, 3.8) is 0 Å². The third-order valence-electron chi connectivity index (χ3n) is 2.65. The molecule has 1 saturated carbocycles. The van der Waals surface area contributed by atoms with Gasteiger partial charge in [-0.05, 0) is 25.7 Å². The summed E-state index contributed by atoms with van der Waals surface area (Å²) in [5.41, 5.74) is 0. The molecule has 1 fully saturated rings. The lowest BCUT2D eigenvalue weighted by molar-refractivity contribution is -0.000455. The Labute approximate surface area is 68.4 Å². The van der Waals surface area contributed by atoms with Crippen molar-refractivity contribution in [3.05, 3.63) is 12.2 Å². The van der Waals surface area contributed by atoms with E-state index in [0.717, 1.165) is 12.8 Å². The first-order valence-electron chi connectivity index (χ1n) is 4.75. The van der Waals surface area contributed by atoms with E-state index < -0.39 is 0 Å². The molecule has 0 radical (unpaired) electrons. The van der Waals surface area contributed by atoms with Crippen molar-refractivity contribution in [2.24, 2.45) is 0 Å². The Kier molecular flexibility index (Phi) is 2.27. The first kappa shape index (κ1) is 7.35. The van der Waals surface area contributed by atoms with Crippen molar-refractivity contribution >= 4 is 0 Å². The molecule has 2 aliphatic rings. The minimum Gasteiger partial charge on any atom is -0.374 e. The van der Waals surface area contributed by atoms with Crippen molar-refractivity contribution in [3.8, 4) is 0 Å². The summed E-state index contributed by atoms with van der Waals surface area (Å²) in [7, 11) is 0. The van der Waals surface area contributed by atoms with Crippen LogP contribution in [-0.2, 0) is 4.74 Å². The van der Waals surface area contributed by atoms with Gasteiger partial charge in [-0.25, -0.2) is 0 Å². The third-order valence-corrected chi connectivity index (χ3v) is 2.65. The average Bonchev–Trinajstić information content (AvgIpc) is 2.60. The maximum Gasteiger partial charge on any atom is 0.0647 e. The summed E-state index contributed by atoms with van der Waals surface area (Å²) >= 11 is 0. The van der Waals surface area contributed by atoms with Crippen LogP contribution >= 0.6 is 0 Å².